The summed E-state index contributed by atoms with van der Waals surface area (Å²) in [7, 11) is -1.92. The molecule has 29 heavy (non-hydrogen) atoms. The van der Waals surface area contributed by atoms with Crippen molar-refractivity contribution in [3.63, 3.8) is 0 Å². The number of aliphatic imine (C=N–C) groups is 1. The fourth-order valence-electron chi connectivity index (χ4n) is 3.53. The van der Waals surface area contributed by atoms with Crippen LogP contribution in [0.2, 0.25) is 0 Å². The number of aryl methyl sites for hydroxylation is 2. The lowest BCUT2D eigenvalue weighted by Crippen LogP contribution is -2.48. The molecule has 0 amide bonds. The number of nitrogens with zero attached hydrogens (tertiary/aromatic N) is 2. The molecule has 0 spiro atoms. The summed E-state index contributed by atoms with van der Waals surface area (Å²) in [5, 5.41) is 8.50. The van der Waals surface area contributed by atoms with Gasteiger partial charge in [0.2, 0.25) is 10.0 Å². The van der Waals surface area contributed by atoms with Gasteiger partial charge in [0, 0.05) is 20.1 Å². The van der Waals surface area contributed by atoms with Crippen LogP contribution in [-0.4, -0.2) is 46.0 Å². The SMILES string of the molecule is CN=C(NCc1ccc(S(N)(=O)=O)cc1)N1CCOC(c2ccc(C)cc2C)C1. The number of guanidine groups is 1. The van der Waals surface area contributed by atoms with Crippen molar-refractivity contribution in [1.82, 2.24) is 10.2 Å². The standard InChI is InChI=1S/C21H28N4O3S/c1-15-4-9-19(16(2)12-15)20-14-25(10-11-28-20)21(23-3)24-13-17-5-7-18(8-6-17)29(22,26)27/h4-9,12,20H,10-11,13-14H2,1-3H3,(H,23,24)(H2,22,26,27). The normalized spacial score (nSPS) is 18.0. The smallest absolute Gasteiger partial charge is 0.238 e. The number of benzene rings is 2. The average molecular weight is 417 g/mol. The number of rotatable bonds is 4. The minimum Gasteiger partial charge on any atom is -0.370 e. The Hall–Kier alpha value is -2.42. The number of ether oxygens (including phenoxy) is 1. The molecule has 7 nitrogen and oxygen atoms in total. The lowest BCUT2D eigenvalue weighted by molar-refractivity contribution is -0.00834. The molecule has 1 aliphatic rings. The second-order valence-electron chi connectivity index (χ2n) is 7.26. The maximum atomic E-state index is 11.4. The Morgan fingerprint density at radius 3 is 2.59 bits per heavy atom. The van der Waals surface area contributed by atoms with Crippen molar-refractivity contribution in [3.8, 4) is 0 Å². The Morgan fingerprint density at radius 2 is 1.97 bits per heavy atom. The first kappa shape index (κ1) is 21.3. The van der Waals surface area contributed by atoms with Crippen LogP contribution in [0.25, 0.3) is 0 Å². The van der Waals surface area contributed by atoms with Crippen molar-refractivity contribution in [1.29, 1.82) is 0 Å². The minimum atomic E-state index is -3.68. The quantitative estimate of drug-likeness (QED) is 0.588. The molecular formula is C21H28N4O3S. The Morgan fingerprint density at radius 1 is 1.24 bits per heavy atom. The molecule has 3 N–H and O–H groups in total. The molecule has 3 rings (SSSR count). The van der Waals surface area contributed by atoms with E-state index >= 15 is 0 Å². The molecule has 0 saturated carbocycles. The third kappa shape index (κ3) is 5.35. The molecule has 1 saturated heterocycles. The molecule has 2 aromatic carbocycles. The van der Waals surface area contributed by atoms with E-state index in [1.165, 1.54) is 28.8 Å². The van der Waals surface area contributed by atoms with Gasteiger partial charge in [0.15, 0.2) is 5.96 Å². The Balaban J connectivity index is 1.65. The predicted molar refractivity (Wildman–Crippen MR) is 114 cm³/mol. The zero-order valence-corrected chi connectivity index (χ0v) is 17.9. The van der Waals surface area contributed by atoms with E-state index in [2.05, 4.69) is 47.3 Å². The molecule has 0 aliphatic carbocycles. The fraction of sp³-hybridized carbons (Fsp3) is 0.381. The van der Waals surface area contributed by atoms with E-state index in [1.807, 2.05) is 0 Å². The number of nitrogens with two attached hydrogens (primary N) is 1. The lowest BCUT2D eigenvalue weighted by Gasteiger charge is -2.36. The maximum absolute atomic E-state index is 11.4. The Bertz CT molecular complexity index is 987. The molecule has 156 valence electrons. The molecular weight excluding hydrogens is 388 g/mol. The largest absolute Gasteiger partial charge is 0.370 e. The molecule has 2 aromatic rings. The van der Waals surface area contributed by atoms with Crippen LogP contribution in [0.1, 0.15) is 28.4 Å². The summed E-state index contributed by atoms with van der Waals surface area (Å²) in [6.45, 7) is 6.83. The third-order valence-corrected chi connectivity index (χ3v) is 5.98. The number of sulfonamides is 1. The summed E-state index contributed by atoms with van der Waals surface area (Å²) in [4.78, 5) is 6.70. The minimum absolute atomic E-state index is 0.00283. The van der Waals surface area contributed by atoms with Crippen molar-refractivity contribution in [2.75, 3.05) is 26.7 Å². The molecule has 1 heterocycles. The van der Waals surface area contributed by atoms with Gasteiger partial charge in [-0.05, 0) is 42.7 Å². The van der Waals surface area contributed by atoms with Crippen LogP contribution in [-0.2, 0) is 21.3 Å². The molecule has 1 atom stereocenters. The van der Waals surface area contributed by atoms with E-state index in [4.69, 9.17) is 9.88 Å². The fourth-order valence-corrected chi connectivity index (χ4v) is 4.04. The van der Waals surface area contributed by atoms with Gasteiger partial charge in [-0.3, -0.25) is 4.99 Å². The van der Waals surface area contributed by atoms with Gasteiger partial charge < -0.3 is 15.0 Å². The monoisotopic (exact) mass is 416 g/mol. The molecule has 0 aromatic heterocycles. The molecule has 1 aliphatic heterocycles. The van der Waals surface area contributed by atoms with Crippen molar-refractivity contribution in [2.45, 2.75) is 31.4 Å². The second kappa shape index (κ2) is 8.94. The zero-order valence-electron chi connectivity index (χ0n) is 17.1. The first-order valence-electron chi connectivity index (χ1n) is 9.54. The van der Waals surface area contributed by atoms with Crippen LogP contribution in [0.15, 0.2) is 52.4 Å². The highest BCUT2D eigenvalue weighted by atomic mass is 32.2. The van der Waals surface area contributed by atoms with E-state index in [9.17, 15) is 8.42 Å². The average Bonchev–Trinajstić information content (AvgIpc) is 2.68. The summed E-state index contributed by atoms with van der Waals surface area (Å²) in [5.41, 5.74) is 4.62. The van der Waals surface area contributed by atoms with Crippen LogP contribution >= 0.6 is 0 Å². The molecule has 0 radical (unpaired) electrons. The number of morpholine rings is 1. The number of hydrogen-bond donors (Lipinski definition) is 2. The van der Waals surface area contributed by atoms with Crippen molar-refractivity contribution in [3.05, 3.63) is 64.7 Å². The van der Waals surface area contributed by atoms with Gasteiger partial charge in [0.1, 0.15) is 6.10 Å². The van der Waals surface area contributed by atoms with Crippen LogP contribution < -0.4 is 10.5 Å². The molecule has 0 bridgehead atoms. The van der Waals surface area contributed by atoms with Gasteiger partial charge >= 0.3 is 0 Å². The van der Waals surface area contributed by atoms with Crippen LogP contribution in [0.4, 0.5) is 0 Å². The first-order chi connectivity index (χ1) is 13.8. The maximum Gasteiger partial charge on any atom is 0.238 e. The number of primary sulfonamides is 1. The van der Waals surface area contributed by atoms with Crippen LogP contribution in [0, 0.1) is 13.8 Å². The summed E-state index contributed by atoms with van der Waals surface area (Å²) in [6.07, 6.45) is -0.00283. The lowest BCUT2D eigenvalue weighted by atomic mass is 10.00. The third-order valence-electron chi connectivity index (χ3n) is 5.05. The molecule has 1 fully saturated rings. The van der Waals surface area contributed by atoms with Gasteiger partial charge in [0.05, 0.1) is 18.0 Å². The Kier molecular flexibility index (Phi) is 6.56. The zero-order chi connectivity index (χ0) is 21.0. The van der Waals surface area contributed by atoms with Crippen LogP contribution in [0.3, 0.4) is 0 Å². The van der Waals surface area contributed by atoms with E-state index in [0.29, 0.717) is 19.7 Å². The number of hydrogen-bond acceptors (Lipinski definition) is 4. The van der Waals surface area contributed by atoms with Gasteiger partial charge in [0.25, 0.3) is 0 Å². The van der Waals surface area contributed by atoms with Crippen LogP contribution in [0.5, 0.6) is 0 Å². The highest BCUT2D eigenvalue weighted by molar-refractivity contribution is 7.89. The predicted octanol–water partition coefficient (Wildman–Crippen LogP) is 2.10. The van der Waals surface area contributed by atoms with Gasteiger partial charge in [-0.2, -0.15) is 0 Å². The second-order valence-corrected chi connectivity index (χ2v) is 8.82. The van der Waals surface area contributed by atoms with Gasteiger partial charge in [-0.25, -0.2) is 13.6 Å². The summed E-state index contributed by atoms with van der Waals surface area (Å²) in [5.74, 6) is 0.790. The summed E-state index contributed by atoms with van der Waals surface area (Å²) >= 11 is 0. The molecule has 1 unspecified atom stereocenters. The highest BCUT2D eigenvalue weighted by Crippen LogP contribution is 2.26. The van der Waals surface area contributed by atoms with Crippen molar-refractivity contribution in [2.24, 2.45) is 10.1 Å². The van der Waals surface area contributed by atoms with E-state index in [-0.39, 0.29) is 11.0 Å². The summed E-state index contributed by atoms with van der Waals surface area (Å²) in [6, 6.07) is 13.0. The number of nitrogens with one attached hydrogen (secondary N) is 1. The van der Waals surface area contributed by atoms with Gasteiger partial charge in [-0.15, -0.1) is 0 Å². The Labute approximate surface area is 172 Å². The van der Waals surface area contributed by atoms with E-state index < -0.39 is 10.0 Å². The van der Waals surface area contributed by atoms with Crippen molar-refractivity contribution < 1.29 is 13.2 Å². The first-order valence-corrected chi connectivity index (χ1v) is 11.1. The van der Waals surface area contributed by atoms with Crippen molar-refractivity contribution >= 4 is 16.0 Å². The van der Waals surface area contributed by atoms with E-state index in [1.54, 1.807) is 19.2 Å². The van der Waals surface area contributed by atoms with E-state index in [0.717, 1.165) is 18.1 Å². The molecule has 8 heteroatoms. The van der Waals surface area contributed by atoms with Gasteiger partial charge in [-0.1, -0.05) is 35.9 Å². The topological polar surface area (TPSA) is 97.0 Å². The summed E-state index contributed by atoms with van der Waals surface area (Å²) < 4.78 is 28.8. The highest BCUT2D eigenvalue weighted by Gasteiger charge is 2.25.